The maximum Gasteiger partial charge on any atom is 0.329 e. The molecule has 1 fully saturated rings. The summed E-state index contributed by atoms with van der Waals surface area (Å²) in [5.41, 5.74) is -0.356. The summed E-state index contributed by atoms with van der Waals surface area (Å²) >= 11 is 0. The number of halogens is 1. The Morgan fingerprint density at radius 1 is 1.47 bits per heavy atom. The smallest absolute Gasteiger partial charge is 0.329 e. The maximum absolute atomic E-state index is 12.9. The van der Waals surface area contributed by atoms with Crippen LogP contribution in [0.25, 0.3) is 0 Å². The Hall–Kier alpha value is -1.58. The molecular formula is C11H12FNO2. The molecule has 0 radical (unpaired) electrons. The molecule has 0 amide bonds. The third-order valence-corrected chi connectivity index (χ3v) is 2.82. The average Bonchev–Trinajstić information content (AvgIpc) is 2.11. The van der Waals surface area contributed by atoms with Crippen LogP contribution in [0.15, 0.2) is 24.3 Å². The third-order valence-electron chi connectivity index (χ3n) is 2.82. The van der Waals surface area contributed by atoms with Crippen molar-refractivity contribution in [2.45, 2.75) is 24.8 Å². The first-order valence-electron chi connectivity index (χ1n) is 4.90. The Kier molecular flexibility index (Phi) is 2.34. The summed E-state index contributed by atoms with van der Waals surface area (Å²) in [6.45, 7) is 0. The number of carboxylic acids is 1. The zero-order valence-corrected chi connectivity index (χ0v) is 8.16. The number of hydrogen-bond donors (Lipinski definition) is 2. The van der Waals surface area contributed by atoms with Crippen molar-refractivity contribution in [1.29, 1.82) is 0 Å². The molecule has 0 heterocycles. The fraction of sp³-hybridized carbons (Fsp3) is 0.364. The first kappa shape index (κ1) is 9.96. The molecule has 0 aromatic heterocycles. The van der Waals surface area contributed by atoms with Gasteiger partial charge in [-0.15, -0.1) is 0 Å². The molecule has 1 aromatic carbocycles. The highest BCUT2D eigenvalue weighted by Gasteiger charge is 2.44. The number of hydrogen-bond acceptors (Lipinski definition) is 2. The fourth-order valence-electron chi connectivity index (χ4n) is 1.77. The zero-order chi connectivity index (χ0) is 10.9. The van der Waals surface area contributed by atoms with Gasteiger partial charge in [-0.05, 0) is 37.5 Å². The van der Waals surface area contributed by atoms with Crippen molar-refractivity contribution in [3.63, 3.8) is 0 Å². The molecule has 0 unspecified atom stereocenters. The van der Waals surface area contributed by atoms with Crippen LogP contribution in [0.4, 0.5) is 10.1 Å². The molecule has 0 atom stereocenters. The predicted molar refractivity (Wildman–Crippen MR) is 54.2 cm³/mol. The van der Waals surface area contributed by atoms with Gasteiger partial charge >= 0.3 is 5.97 Å². The average molecular weight is 209 g/mol. The molecule has 1 aromatic rings. The first-order chi connectivity index (χ1) is 7.12. The van der Waals surface area contributed by atoms with Crippen LogP contribution in [0.3, 0.4) is 0 Å². The van der Waals surface area contributed by atoms with Crippen molar-refractivity contribution in [1.82, 2.24) is 0 Å². The van der Waals surface area contributed by atoms with Crippen LogP contribution in [-0.4, -0.2) is 16.6 Å². The molecule has 3 nitrogen and oxygen atoms in total. The Morgan fingerprint density at radius 2 is 2.20 bits per heavy atom. The number of aliphatic carboxylic acids is 1. The van der Waals surface area contributed by atoms with Gasteiger partial charge in [-0.1, -0.05) is 6.07 Å². The molecule has 15 heavy (non-hydrogen) atoms. The number of anilines is 1. The summed E-state index contributed by atoms with van der Waals surface area (Å²) in [7, 11) is 0. The van der Waals surface area contributed by atoms with E-state index in [9.17, 15) is 9.18 Å². The van der Waals surface area contributed by atoms with E-state index in [0.717, 1.165) is 6.42 Å². The van der Waals surface area contributed by atoms with E-state index >= 15 is 0 Å². The second-order valence-corrected chi connectivity index (χ2v) is 3.88. The van der Waals surface area contributed by atoms with Crippen molar-refractivity contribution < 1.29 is 14.3 Å². The van der Waals surface area contributed by atoms with Crippen molar-refractivity contribution in [3.05, 3.63) is 30.1 Å². The highest BCUT2D eigenvalue weighted by molar-refractivity contribution is 5.84. The van der Waals surface area contributed by atoms with Gasteiger partial charge < -0.3 is 10.4 Å². The summed E-state index contributed by atoms with van der Waals surface area (Å²) in [4.78, 5) is 11.0. The summed E-state index contributed by atoms with van der Waals surface area (Å²) in [5, 5.41) is 12.0. The Bertz CT molecular complexity index is 388. The minimum absolute atomic E-state index is 0.361. The zero-order valence-electron chi connectivity index (χ0n) is 8.16. The van der Waals surface area contributed by atoms with Gasteiger partial charge in [0.25, 0.3) is 0 Å². The molecule has 2 N–H and O–H groups in total. The van der Waals surface area contributed by atoms with Crippen molar-refractivity contribution in [2.24, 2.45) is 0 Å². The van der Waals surface area contributed by atoms with Gasteiger partial charge in [0.15, 0.2) is 0 Å². The number of carbonyl (C=O) groups is 1. The van der Waals surface area contributed by atoms with Gasteiger partial charge in [-0.3, -0.25) is 0 Å². The van der Waals surface area contributed by atoms with E-state index in [1.165, 1.54) is 12.1 Å². The lowest BCUT2D eigenvalue weighted by Gasteiger charge is -2.39. The van der Waals surface area contributed by atoms with E-state index in [2.05, 4.69) is 5.32 Å². The SMILES string of the molecule is O=C(O)C1(Nc2cccc(F)c2)CCC1. The number of benzene rings is 1. The molecule has 1 saturated carbocycles. The van der Waals surface area contributed by atoms with Gasteiger partial charge in [0.05, 0.1) is 0 Å². The highest BCUT2D eigenvalue weighted by atomic mass is 19.1. The third kappa shape index (κ3) is 1.79. The van der Waals surface area contributed by atoms with Crippen LogP contribution in [-0.2, 0) is 4.79 Å². The van der Waals surface area contributed by atoms with Crippen LogP contribution >= 0.6 is 0 Å². The lowest BCUT2D eigenvalue weighted by atomic mass is 9.76. The largest absolute Gasteiger partial charge is 0.480 e. The van der Waals surface area contributed by atoms with E-state index in [-0.39, 0.29) is 5.82 Å². The normalized spacial score (nSPS) is 17.9. The molecule has 1 aliphatic carbocycles. The van der Waals surface area contributed by atoms with Crippen LogP contribution in [0.5, 0.6) is 0 Å². The van der Waals surface area contributed by atoms with Gasteiger partial charge in [0, 0.05) is 5.69 Å². The van der Waals surface area contributed by atoms with E-state index in [4.69, 9.17) is 5.11 Å². The van der Waals surface area contributed by atoms with Crippen LogP contribution < -0.4 is 5.32 Å². The fourth-order valence-corrected chi connectivity index (χ4v) is 1.77. The van der Waals surface area contributed by atoms with Crippen LogP contribution in [0.2, 0.25) is 0 Å². The van der Waals surface area contributed by atoms with E-state index in [0.29, 0.717) is 18.5 Å². The Balaban J connectivity index is 2.17. The van der Waals surface area contributed by atoms with Gasteiger partial charge in [0.1, 0.15) is 11.4 Å². The monoisotopic (exact) mass is 209 g/mol. The summed E-state index contributed by atoms with van der Waals surface area (Å²) in [6.07, 6.45) is 2.09. The van der Waals surface area contributed by atoms with Crippen molar-refractivity contribution in [2.75, 3.05) is 5.32 Å². The Labute approximate surface area is 86.9 Å². The van der Waals surface area contributed by atoms with Gasteiger partial charge in [-0.25, -0.2) is 9.18 Å². The molecule has 0 spiro atoms. The van der Waals surface area contributed by atoms with Crippen molar-refractivity contribution in [3.8, 4) is 0 Å². The maximum atomic E-state index is 12.9. The minimum Gasteiger partial charge on any atom is -0.480 e. The van der Waals surface area contributed by atoms with Gasteiger partial charge in [0.2, 0.25) is 0 Å². The quantitative estimate of drug-likeness (QED) is 0.802. The van der Waals surface area contributed by atoms with E-state index in [1.54, 1.807) is 12.1 Å². The minimum atomic E-state index is -0.881. The van der Waals surface area contributed by atoms with Crippen LogP contribution in [0, 0.1) is 5.82 Å². The lowest BCUT2D eigenvalue weighted by Crippen LogP contribution is -2.52. The second kappa shape index (κ2) is 3.53. The first-order valence-corrected chi connectivity index (χ1v) is 4.90. The summed E-state index contributed by atoms with van der Waals surface area (Å²) in [5.74, 6) is -1.22. The topological polar surface area (TPSA) is 49.3 Å². The molecule has 80 valence electrons. The number of nitrogens with one attached hydrogen (secondary N) is 1. The molecule has 0 aliphatic heterocycles. The molecule has 0 bridgehead atoms. The molecule has 1 aliphatic rings. The summed E-state index contributed by atoms with van der Waals surface area (Å²) in [6, 6.07) is 5.88. The number of rotatable bonds is 3. The van der Waals surface area contributed by atoms with E-state index < -0.39 is 11.5 Å². The molecule has 4 heteroatoms. The highest BCUT2D eigenvalue weighted by Crippen LogP contribution is 2.35. The van der Waals surface area contributed by atoms with Gasteiger partial charge in [-0.2, -0.15) is 0 Å². The number of carboxylic acid groups (broad SMARTS) is 1. The Morgan fingerprint density at radius 3 is 2.67 bits per heavy atom. The lowest BCUT2D eigenvalue weighted by molar-refractivity contribution is -0.145. The van der Waals surface area contributed by atoms with Crippen LogP contribution in [0.1, 0.15) is 19.3 Å². The molecular weight excluding hydrogens is 197 g/mol. The molecule has 2 rings (SSSR count). The predicted octanol–water partition coefficient (Wildman–Crippen LogP) is 2.24. The molecule has 0 saturated heterocycles. The standard InChI is InChI=1S/C11H12FNO2/c12-8-3-1-4-9(7-8)13-11(10(14)15)5-2-6-11/h1,3-4,7,13H,2,5-6H2,(H,14,15). The summed E-state index contributed by atoms with van der Waals surface area (Å²) < 4.78 is 12.9. The van der Waals surface area contributed by atoms with E-state index in [1.807, 2.05) is 0 Å². The second-order valence-electron chi connectivity index (χ2n) is 3.88. The van der Waals surface area contributed by atoms with Crippen molar-refractivity contribution >= 4 is 11.7 Å².